The lowest BCUT2D eigenvalue weighted by Crippen LogP contribution is -2.30. The first-order valence-corrected chi connectivity index (χ1v) is 7.50. The molecule has 1 heterocycles. The van der Waals surface area contributed by atoms with E-state index in [0.717, 1.165) is 12.0 Å². The fourth-order valence-corrected chi connectivity index (χ4v) is 2.37. The van der Waals surface area contributed by atoms with E-state index in [1.807, 2.05) is 30.3 Å². The molecular formula is C18H22N2O2. The second-order valence-corrected chi connectivity index (χ2v) is 5.93. The summed E-state index contributed by atoms with van der Waals surface area (Å²) >= 11 is 0. The van der Waals surface area contributed by atoms with Gasteiger partial charge in [-0.1, -0.05) is 44.2 Å². The van der Waals surface area contributed by atoms with Gasteiger partial charge in [0.25, 0.3) is 11.5 Å². The number of rotatable bonds is 5. The first-order valence-electron chi connectivity index (χ1n) is 7.50. The second kappa shape index (κ2) is 7.07. The Bertz CT molecular complexity index is 690. The van der Waals surface area contributed by atoms with Gasteiger partial charge in [-0.05, 0) is 24.0 Å². The number of carbonyl (C=O) groups is 1. The molecule has 4 heteroatoms. The standard InChI is InChI=1S/C18H22N2O2/c1-13(2)11-16(14-7-5-4-6-8-14)19-18(22)15-9-10-20(3)17(21)12-15/h4-10,12-13,16H,11H2,1-3H3,(H,19,22)/t16-/m0/s1. The van der Waals surface area contributed by atoms with Crippen LogP contribution in [0, 0.1) is 5.92 Å². The quantitative estimate of drug-likeness (QED) is 0.922. The lowest BCUT2D eigenvalue weighted by molar-refractivity contribution is 0.0931. The highest BCUT2D eigenvalue weighted by Crippen LogP contribution is 2.21. The van der Waals surface area contributed by atoms with Gasteiger partial charge in [0, 0.05) is 24.9 Å². The Morgan fingerprint density at radius 3 is 2.45 bits per heavy atom. The zero-order chi connectivity index (χ0) is 16.1. The lowest BCUT2D eigenvalue weighted by Gasteiger charge is -2.21. The lowest BCUT2D eigenvalue weighted by atomic mass is 9.96. The van der Waals surface area contributed by atoms with E-state index in [4.69, 9.17) is 0 Å². The van der Waals surface area contributed by atoms with Crippen molar-refractivity contribution in [2.75, 3.05) is 0 Å². The van der Waals surface area contributed by atoms with E-state index in [2.05, 4.69) is 19.2 Å². The van der Waals surface area contributed by atoms with Crippen molar-refractivity contribution in [3.05, 3.63) is 70.1 Å². The summed E-state index contributed by atoms with van der Waals surface area (Å²) in [6.07, 6.45) is 2.46. The molecule has 0 unspecified atom stereocenters. The van der Waals surface area contributed by atoms with Gasteiger partial charge in [-0.2, -0.15) is 0 Å². The topological polar surface area (TPSA) is 51.1 Å². The molecule has 116 valence electrons. The minimum Gasteiger partial charge on any atom is -0.345 e. The summed E-state index contributed by atoms with van der Waals surface area (Å²) in [6, 6.07) is 12.9. The number of amides is 1. The van der Waals surface area contributed by atoms with Gasteiger partial charge < -0.3 is 9.88 Å². The van der Waals surface area contributed by atoms with Gasteiger partial charge in [-0.25, -0.2) is 0 Å². The highest BCUT2D eigenvalue weighted by atomic mass is 16.2. The third-order valence-corrected chi connectivity index (χ3v) is 3.58. The summed E-state index contributed by atoms with van der Waals surface area (Å²) in [4.78, 5) is 24.1. The van der Waals surface area contributed by atoms with Crippen molar-refractivity contribution in [2.45, 2.75) is 26.3 Å². The Hall–Kier alpha value is -2.36. The van der Waals surface area contributed by atoms with E-state index in [9.17, 15) is 9.59 Å². The van der Waals surface area contributed by atoms with Gasteiger partial charge >= 0.3 is 0 Å². The third kappa shape index (κ3) is 4.07. The number of carbonyl (C=O) groups excluding carboxylic acids is 1. The summed E-state index contributed by atoms with van der Waals surface area (Å²) < 4.78 is 1.44. The molecule has 1 N–H and O–H groups in total. The molecule has 0 spiro atoms. The number of nitrogens with zero attached hydrogens (tertiary/aromatic N) is 1. The average Bonchev–Trinajstić information content (AvgIpc) is 2.49. The summed E-state index contributed by atoms with van der Waals surface area (Å²) in [5, 5.41) is 3.04. The van der Waals surface area contributed by atoms with Gasteiger partial charge in [0.2, 0.25) is 0 Å². The molecule has 2 aromatic rings. The van der Waals surface area contributed by atoms with E-state index in [-0.39, 0.29) is 17.5 Å². The maximum absolute atomic E-state index is 12.4. The maximum atomic E-state index is 12.4. The summed E-state index contributed by atoms with van der Waals surface area (Å²) in [7, 11) is 1.66. The van der Waals surface area contributed by atoms with Crippen LogP contribution in [-0.4, -0.2) is 10.5 Å². The van der Waals surface area contributed by atoms with Crippen LogP contribution >= 0.6 is 0 Å². The van der Waals surface area contributed by atoms with Crippen LogP contribution in [0.1, 0.15) is 42.2 Å². The van der Waals surface area contributed by atoms with E-state index in [0.29, 0.717) is 11.5 Å². The van der Waals surface area contributed by atoms with Crippen LogP contribution in [0.15, 0.2) is 53.5 Å². The van der Waals surface area contributed by atoms with E-state index >= 15 is 0 Å². The van der Waals surface area contributed by atoms with Crippen molar-refractivity contribution < 1.29 is 4.79 Å². The Balaban J connectivity index is 2.21. The molecule has 0 saturated carbocycles. The highest BCUT2D eigenvalue weighted by Gasteiger charge is 2.17. The van der Waals surface area contributed by atoms with Crippen LogP contribution in [0.3, 0.4) is 0 Å². The summed E-state index contributed by atoms with van der Waals surface area (Å²) in [6.45, 7) is 4.25. The van der Waals surface area contributed by atoms with Crippen LogP contribution in [0.4, 0.5) is 0 Å². The molecule has 0 aliphatic rings. The zero-order valence-corrected chi connectivity index (χ0v) is 13.2. The monoisotopic (exact) mass is 298 g/mol. The van der Waals surface area contributed by atoms with Crippen molar-refractivity contribution >= 4 is 5.91 Å². The smallest absolute Gasteiger partial charge is 0.252 e. The molecular weight excluding hydrogens is 276 g/mol. The number of nitrogens with one attached hydrogen (secondary N) is 1. The second-order valence-electron chi connectivity index (χ2n) is 5.93. The number of hydrogen-bond acceptors (Lipinski definition) is 2. The van der Waals surface area contributed by atoms with Crippen LogP contribution in [-0.2, 0) is 7.05 Å². The van der Waals surface area contributed by atoms with Crippen LogP contribution in [0.2, 0.25) is 0 Å². The molecule has 0 bridgehead atoms. The SMILES string of the molecule is CC(C)C[C@H](NC(=O)c1ccn(C)c(=O)c1)c1ccccc1. The minimum atomic E-state index is -0.216. The summed E-state index contributed by atoms with van der Waals surface area (Å²) in [5.41, 5.74) is 1.29. The van der Waals surface area contributed by atoms with Gasteiger partial charge in [-0.15, -0.1) is 0 Å². The Labute approximate surface area is 130 Å². The molecule has 2 rings (SSSR count). The number of benzene rings is 1. The minimum absolute atomic E-state index is 0.0576. The molecule has 0 aliphatic heterocycles. The predicted octanol–water partition coefficient (Wildman–Crippen LogP) is 2.90. The van der Waals surface area contributed by atoms with Gasteiger partial charge in [0.05, 0.1) is 6.04 Å². The summed E-state index contributed by atoms with van der Waals surface area (Å²) in [5.74, 6) is 0.237. The van der Waals surface area contributed by atoms with Crippen molar-refractivity contribution in [1.82, 2.24) is 9.88 Å². The third-order valence-electron chi connectivity index (χ3n) is 3.58. The molecule has 1 atom stereocenters. The van der Waals surface area contributed by atoms with E-state index in [1.54, 1.807) is 19.3 Å². The molecule has 1 amide bonds. The van der Waals surface area contributed by atoms with Gasteiger partial charge in [0.1, 0.15) is 0 Å². The number of aromatic nitrogens is 1. The fraction of sp³-hybridized carbons (Fsp3) is 0.333. The van der Waals surface area contributed by atoms with Crippen molar-refractivity contribution in [3.8, 4) is 0 Å². The van der Waals surface area contributed by atoms with Crippen molar-refractivity contribution in [1.29, 1.82) is 0 Å². The predicted molar refractivity (Wildman–Crippen MR) is 87.8 cm³/mol. The van der Waals surface area contributed by atoms with E-state index < -0.39 is 0 Å². The maximum Gasteiger partial charge on any atom is 0.252 e. The number of pyridine rings is 1. The molecule has 0 aliphatic carbocycles. The molecule has 0 saturated heterocycles. The molecule has 4 nitrogen and oxygen atoms in total. The Morgan fingerprint density at radius 2 is 1.86 bits per heavy atom. The molecule has 0 fully saturated rings. The Kier molecular flexibility index (Phi) is 5.15. The Morgan fingerprint density at radius 1 is 1.18 bits per heavy atom. The van der Waals surface area contributed by atoms with Crippen LogP contribution in [0.25, 0.3) is 0 Å². The number of aryl methyl sites for hydroxylation is 1. The average molecular weight is 298 g/mol. The van der Waals surface area contributed by atoms with Gasteiger partial charge in [0.15, 0.2) is 0 Å². The first-order chi connectivity index (χ1) is 10.5. The highest BCUT2D eigenvalue weighted by molar-refractivity contribution is 5.94. The normalized spacial score (nSPS) is 12.2. The molecule has 1 aromatic carbocycles. The zero-order valence-electron chi connectivity index (χ0n) is 13.2. The van der Waals surface area contributed by atoms with Crippen LogP contribution in [0.5, 0.6) is 0 Å². The van der Waals surface area contributed by atoms with Gasteiger partial charge in [-0.3, -0.25) is 9.59 Å². The molecule has 1 aromatic heterocycles. The number of hydrogen-bond donors (Lipinski definition) is 1. The first kappa shape index (κ1) is 16.0. The molecule has 22 heavy (non-hydrogen) atoms. The van der Waals surface area contributed by atoms with Crippen molar-refractivity contribution in [3.63, 3.8) is 0 Å². The largest absolute Gasteiger partial charge is 0.345 e. The van der Waals surface area contributed by atoms with E-state index in [1.165, 1.54) is 10.6 Å². The fourth-order valence-electron chi connectivity index (χ4n) is 2.37. The molecule has 0 radical (unpaired) electrons. The van der Waals surface area contributed by atoms with Crippen LogP contribution < -0.4 is 10.9 Å². The van der Waals surface area contributed by atoms with Crippen molar-refractivity contribution in [2.24, 2.45) is 13.0 Å².